The van der Waals surface area contributed by atoms with Gasteiger partial charge in [-0.05, 0) is 12.1 Å². The third kappa shape index (κ3) is 2.09. The van der Waals surface area contributed by atoms with Gasteiger partial charge in [0, 0.05) is 19.3 Å². The number of hydrogen-bond donors (Lipinski definition) is 2. The fourth-order valence-electron chi connectivity index (χ4n) is 1.75. The maximum atomic E-state index is 12.2. The van der Waals surface area contributed by atoms with E-state index in [1.54, 1.807) is 6.07 Å². The van der Waals surface area contributed by atoms with Gasteiger partial charge in [0.25, 0.3) is 0 Å². The van der Waals surface area contributed by atoms with Gasteiger partial charge in [-0.1, -0.05) is 0 Å². The van der Waals surface area contributed by atoms with E-state index in [1.807, 2.05) is 0 Å². The van der Waals surface area contributed by atoms with Gasteiger partial charge in [-0.2, -0.15) is 9.57 Å². The van der Waals surface area contributed by atoms with Crippen LogP contribution in [0, 0.1) is 11.3 Å². The lowest BCUT2D eigenvalue weighted by Crippen LogP contribution is -2.30. The van der Waals surface area contributed by atoms with Gasteiger partial charge in [-0.25, -0.2) is 13.4 Å². The van der Waals surface area contributed by atoms with Gasteiger partial charge in [0.2, 0.25) is 10.0 Å². The number of β-amino-alcohol motifs (C(OH)–C–C–N with tert-alkyl or cyclic N) is 2. The standard InChI is InChI=1S/C10H11N3O4S/c11-4-7-10(2-1-3-12-7)18(16,17)13-5-8(14)9(15)6-13/h1-3,8-9,14-15H,5-6H2. The molecule has 1 aliphatic heterocycles. The molecule has 96 valence electrons. The van der Waals surface area contributed by atoms with Crippen molar-refractivity contribution in [2.24, 2.45) is 0 Å². The first-order chi connectivity index (χ1) is 8.46. The van der Waals surface area contributed by atoms with Crippen LogP contribution in [0.3, 0.4) is 0 Å². The number of aromatic nitrogens is 1. The van der Waals surface area contributed by atoms with E-state index in [2.05, 4.69) is 4.98 Å². The quantitative estimate of drug-likeness (QED) is 0.688. The molecule has 2 heterocycles. The van der Waals surface area contributed by atoms with Crippen LogP contribution in [0.1, 0.15) is 5.69 Å². The van der Waals surface area contributed by atoms with Crippen LogP contribution >= 0.6 is 0 Å². The van der Waals surface area contributed by atoms with Crippen LogP contribution in [-0.2, 0) is 10.0 Å². The van der Waals surface area contributed by atoms with E-state index in [0.29, 0.717) is 0 Å². The Morgan fingerprint density at radius 3 is 2.56 bits per heavy atom. The summed E-state index contributed by atoms with van der Waals surface area (Å²) in [5.74, 6) is 0. The second-order valence-corrected chi connectivity index (χ2v) is 5.83. The molecule has 1 fully saturated rings. The van der Waals surface area contributed by atoms with Gasteiger partial charge >= 0.3 is 0 Å². The fraction of sp³-hybridized carbons (Fsp3) is 0.400. The lowest BCUT2D eigenvalue weighted by Gasteiger charge is -2.15. The third-order valence-electron chi connectivity index (χ3n) is 2.72. The van der Waals surface area contributed by atoms with Crippen molar-refractivity contribution in [3.8, 4) is 6.07 Å². The fourth-order valence-corrected chi connectivity index (χ4v) is 3.32. The van der Waals surface area contributed by atoms with E-state index in [9.17, 15) is 18.6 Å². The van der Waals surface area contributed by atoms with Crippen molar-refractivity contribution in [2.75, 3.05) is 13.1 Å². The van der Waals surface area contributed by atoms with Crippen molar-refractivity contribution in [1.82, 2.24) is 9.29 Å². The Labute approximate surface area is 104 Å². The average molecular weight is 269 g/mol. The highest BCUT2D eigenvalue weighted by atomic mass is 32.2. The molecule has 0 spiro atoms. The highest BCUT2D eigenvalue weighted by Crippen LogP contribution is 2.22. The van der Waals surface area contributed by atoms with Crippen molar-refractivity contribution in [3.05, 3.63) is 24.0 Å². The zero-order chi connectivity index (χ0) is 13.3. The molecule has 0 bridgehead atoms. The Kier molecular flexibility index (Phi) is 3.32. The molecule has 8 heteroatoms. The third-order valence-corrected chi connectivity index (χ3v) is 4.58. The molecule has 18 heavy (non-hydrogen) atoms. The van der Waals surface area contributed by atoms with E-state index in [1.165, 1.54) is 18.3 Å². The summed E-state index contributed by atoms with van der Waals surface area (Å²) in [6.07, 6.45) is -0.894. The van der Waals surface area contributed by atoms with Gasteiger partial charge in [0.05, 0.1) is 12.2 Å². The molecule has 0 aliphatic carbocycles. The summed E-state index contributed by atoms with van der Waals surface area (Å²) in [6.45, 7) is -0.382. The number of nitrogens with zero attached hydrogens (tertiary/aromatic N) is 3. The molecule has 0 aromatic carbocycles. The van der Waals surface area contributed by atoms with Gasteiger partial charge < -0.3 is 10.2 Å². The van der Waals surface area contributed by atoms with E-state index >= 15 is 0 Å². The van der Waals surface area contributed by atoms with Crippen LogP contribution < -0.4 is 0 Å². The van der Waals surface area contributed by atoms with E-state index < -0.39 is 22.2 Å². The summed E-state index contributed by atoms with van der Waals surface area (Å²) >= 11 is 0. The molecule has 1 aliphatic rings. The number of hydrogen-bond acceptors (Lipinski definition) is 6. The number of aliphatic hydroxyl groups excluding tert-OH is 2. The molecule has 0 radical (unpaired) electrons. The minimum Gasteiger partial charge on any atom is -0.389 e. The van der Waals surface area contributed by atoms with Crippen LogP contribution in [0.25, 0.3) is 0 Å². The number of pyridine rings is 1. The minimum atomic E-state index is -3.92. The Bertz CT molecular complexity index is 585. The average Bonchev–Trinajstić information content (AvgIpc) is 2.70. The number of nitriles is 1. The molecule has 1 aromatic rings. The lowest BCUT2D eigenvalue weighted by atomic mass is 10.3. The van der Waals surface area contributed by atoms with Gasteiger partial charge in [0.15, 0.2) is 5.69 Å². The molecule has 2 unspecified atom stereocenters. The van der Waals surface area contributed by atoms with Crippen molar-refractivity contribution in [2.45, 2.75) is 17.1 Å². The first-order valence-corrected chi connectivity index (χ1v) is 6.62. The second kappa shape index (κ2) is 4.62. The molecule has 2 rings (SSSR count). The summed E-state index contributed by atoms with van der Waals surface area (Å²) < 4.78 is 25.4. The molecule has 2 atom stereocenters. The molecule has 7 nitrogen and oxygen atoms in total. The second-order valence-electron chi connectivity index (χ2n) is 3.92. The van der Waals surface area contributed by atoms with E-state index in [0.717, 1.165) is 4.31 Å². The van der Waals surface area contributed by atoms with Crippen LogP contribution in [0.2, 0.25) is 0 Å². The molecular weight excluding hydrogens is 258 g/mol. The van der Waals surface area contributed by atoms with Crippen molar-refractivity contribution >= 4 is 10.0 Å². The molecule has 0 saturated carbocycles. The molecule has 1 aromatic heterocycles. The molecule has 0 amide bonds. The normalized spacial score (nSPS) is 24.9. The minimum absolute atomic E-state index is 0.191. The Morgan fingerprint density at radius 2 is 2.00 bits per heavy atom. The predicted molar refractivity (Wildman–Crippen MR) is 59.7 cm³/mol. The molecular formula is C10H11N3O4S. The van der Waals surface area contributed by atoms with E-state index in [-0.39, 0.29) is 23.7 Å². The zero-order valence-electron chi connectivity index (χ0n) is 9.26. The summed E-state index contributed by atoms with van der Waals surface area (Å²) in [5.41, 5.74) is -0.201. The van der Waals surface area contributed by atoms with Crippen LogP contribution in [0.5, 0.6) is 0 Å². The lowest BCUT2D eigenvalue weighted by molar-refractivity contribution is 0.0572. The highest BCUT2D eigenvalue weighted by Gasteiger charge is 2.38. The largest absolute Gasteiger partial charge is 0.389 e. The smallest absolute Gasteiger partial charge is 0.246 e. The van der Waals surface area contributed by atoms with Crippen LogP contribution in [0.15, 0.2) is 23.2 Å². The summed E-state index contributed by atoms with van der Waals surface area (Å²) in [6, 6.07) is 4.39. The van der Waals surface area contributed by atoms with Crippen molar-refractivity contribution in [1.29, 1.82) is 5.26 Å². The van der Waals surface area contributed by atoms with Crippen LogP contribution in [-0.4, -0.2) is 53.2 Å². The topological polar surface area (TPSA) is 115 Å². The Balaban J connectivity index is 2.41. The van der Waals surface area contributed by atoms with Gasteiger partial charge in [0.1, 0.15) is 11.0 Å². The first kappa shape index (κ1) is 12.9. The number of aliphatic hydroxyl groups is 2. The Morgan fingerprint density at radius 1 is 1.39 bits per heavy atom. The summed E-state index contributed by atoms with van der Waals surface area (Å²) in [7, 11) is -3.92. The zero-order valence-corrected chi connectivity index (χ0v) is 10.1. The van der Waals surface area contributed by atoms with Crippen molar-refractivity contribution < 1.29 is 18.6 Å². The first-order valence-electron chi connectivity index (χ1n) is 5.18. The monoisotopic (exact) mass is 269 g/mol. The SMILES string of the molecule is N#Cc1ncccc1S(=O)(=O)N1CC(O)C(O)C1. The summed E-state index contributed by atoms with van der Waals surface area (Å²) in [4.78, 5) is 3.47. The summed E-state index contributed by atoms with van der Waals surface area (Å²) in [5, 5.41) is 27.6. The predicted octanol–water partition coefficient (Wildman–Crippen LogP) is -1.32. The number of sulfonamides is 1. The molecule has 2 N–H and O–H groups in total. The van der Waals surface area contributed by atoms with Crippen LogP contribution in [0.4, 0.5) is 0 Å². The van der Waals surface area contributed by atoms with Gasteiger partial charge in [-0.3, -0.25) is 0 Å². The highest BCUT2D eigenvalue weighted by molar-refractivity contribution is 7.89. The Hall–Kier alpha value is -1.53. The number of rotatable bonds is 2. The molecule has 1 saturated heterocycles. The maximum Gasteiger partial charge on any atom is 0.246 e. The van der Waals surface area contributed by atoms with E-state index in [4.69, 9.17) is 5.26 Å². The maximum absolute atomic E-state index is 12.2. The van der Waals surface area contributed by atoms with Gasteiger partial charge in [-0.15, -0.1) is 0 Å². The van der Waals surface area contributed by atoms with Crippen molar-refractivity contribution in [3.63, 3.8) is 0 Å².